The van der Waals surface area contributed by atoms with Crippen LogP contribution in [0.4, 0.5) is 0 Å². The third-order valence-corrected chi connectivity index (χ3v) is 0.669. The van der Waals surface area contributed by atoms with Gasteiger partial charge in [-0.25, -0.2) is 0 Å². The molecule has 0 atom stereocenters. The Morgan fingerprint density at radius 3 is 1.78 bits per heavy atom. The molecule has 54 valence electrons. The molecule has 0 rings (SSSR count). The van der Waals surface area contributed by atoms with Crippen LogP contribution in [0.15, 0.2) is 24.9 Å². The minimum absolute atomic E-state index is 0. The van der Waals surface area contributed by atoms with Crippen molar-refractivity contribution in [1.29, 1.82) is 0 Å². The van der Waals surface area contributed by atoms with E-state index in [0.29, 0.717) is 0 Å². The summed E-state index contributed by atoms with van der Waals surface area (Å²) in [7, 11) is 6.29. The second kappa shape index (κ2) is 4.77. The van der Waals surface area contributed by atoms with Crippen molar-refractivity contribution in [1.82, 2.24) is 0 Å². The highest BCUT2D eigenvalue weighted by molar-refractivity contribution is 4.92. The maximum Gasteiger partial charge on any atom is 0.0951 e. The molecule has 0 bridgehead atoms. The monoisotopic (exact) mass is 191 g/mol. The van der Waals surface area contributed by atoms with Crippen molar-refractivity contribution in [3.63, 3.8) is 0 Å². The van der Waals surface area contributed by atoms with E-state index in [2.05, 4.69) is 33.9 Å². The molecule has 0 heterocycles. The van der Waals surface area contributed by atoms with Crippen LogP contribution in [0.25, 0.3) is 0 Å². The number of nitrogens with zero attached hydrogens (tertiary/aromatic N) is 1. The van der Waals surface area contributed by atoms with Crippen molar-refractivity contribution in [3.8, 4) is 0 Å². The van der Waals surface area contributed by atoms with Crippen LogP contribution >= 0.6 is 0 Å². The Balaban J connectivity index is 0. The predicted molar refractivity (Wildman–Crippen MR) is 37.4 cm³/mol. The lowest BCUT2D eigenvalue weighted by Gasteiger charge is -2.16. The zero-order valence-corrected chi connectivity index (χ0v) is 7.85. The smallest absolute Gasteiger partial charge is 0.0951 e. The van der Waals surface area contributed by atoms with E-state index in [1.165, 1.54) is 0 Å². The average Bonchev–Trinajstić information content (AvgIpc) is 1.59. The highest BCUT2D eigenvalue weighted by atomic mass is 79.9. The molecule has 9 heavy (non-hydrogen) atoms. The number of hydrogen-bond donors (Lipinski definition) is 0. The lowest BCUT2D eigenvalue weighted by Crippen LogP contribution is -3.00. The van der Waals surface area contributed by atoms with E-state index in [9.17, 15) is 0 Å². The molecule has 0 aliphatic carbocycles. The molecule has 0 aliphatic heterocycles. The van der Waals surface area contributed by atoms with Gasteiger partial charge in [-0.3, -0.25) is 0 Å². The lowest BCUT2D eigenvalue weighted by atomic mass is 10.5. The van der Waals surface area contributed by atoms with Gasteiger partial charge in [0.15, 0.2) is 0 Å². The lowest BCUT2D eigenvalue weighted by molar-refractivity contribution is -0.817. The van der Waals surface area contributed by atoms with E-state index in [1.807, 2.05) is 6.08 Å². The fourth-order valence-corrected chi connectivity index (χ4v) is 0.319. The molecule has 0 amide bonds. The SMILES string of the molecule is C=CC=C[N+](C)(C)C.[Br-]. The first-order valence-electron chi connectivity index (χ1n) is 2.67. The van der Waals surface area contributed by atoms with Gasteiger partial charge >= 0.3 is 0 Å². The van der Waals surface area contributed by atoms with E-state index in [1.54, 1.807) is 6.08 Å². The largest absolute Gasteiger partial charge is 1.00 e. The van der Waals surface area contributed by atoms with E-state index < -0.39 is 0 Å². The molecule has 0 radical (unpaired) electrons. The molecule has 0 unspecified atom stereocenters. The second-order valence-electron chi connectivity index (χ2n) is 2.69. The topological polar surface area (TPSA) is 0 Å². The summed E-state index contributed by atoms with van der Waals surface area (Å²) < 4.78 is 0.853. The Bertz CT molecular complexity index is 100.0. The maximum absolute atomic E-state index is 3.57. The second-order valence-corrected chi connectivity index (χ2v) is 2.69. The summed E-state index contributed by atoms with van der Waals surface area (Å²) in [6.07, 6.45) is 5.79. The number of allylic oxidation sites excluding steroid dienone is 2. The Morgan fingerprint density at radius 1 is 1.22 bits per heavy atom. The van der Waals surface area contributed by atoms with Crippen LogP contribution in [0.3, 0.4) is 0 Å². The first kappa shape index (κ1) is 11.7. The van der Waals surface area contributed by atoms with Crippen LogP contribution in [0.1, 0.15) is 0 Å². The fraction of sp³-hybridized carbons (Fsp3) is 0.429. The van der Waals surface area contributed by atoms with Gasteiger partial charge in [0.2, 0.25) is 0 Å². The number of rotatable bonds is 2. The molecule has 0 aromatic heterocycles. The van der Waals surface area contributed by atoms with Crippen LogP contribution in [0, 0.1) is 0 Å². The van der Waals surface area contributed by atoms with Gasteiger partial charge in [0.05, 0.1) is 27.3 Å². The highest BCUT2D eigenvalue weighted by Crippen LogP contribution is 1.89. The summed E-state index contributed by atoms with van der Waals surface area (Å²) in [5.41, 5.74) is 0. The maximum atomic E-state index is 3.57. The summed E-state index contributed by atoms with van der Waals surface area (Å²) in [6.45, 7) is 3.57. The summed E-state index contributed by atoms with van der Waals surface area (Å²) >= 11 is 0. The molecule has 0 fully saturated rings. The van der Waals surface area contributed by atoms with Gasteiger partial charge in [-0.05, 0) is 6.08 Å². The normalized spacial score (nSPS) is 11.0. The quantitative estimate of drug-likeness (QED) is 0.365. The molecule has 0 saturated heterocycles. The highest BCUT2D eigenvalue weighted by Gasteiger charge is 1.96. The average molecular weight is 192 g/mol. The first-order chi connectivity index (χ1) is 3.56. The molecule has 2 heteroatoms. The molecular formula is C7H14BrN. The standard InChI is InChI=1S/C7H14N.BrH/c1-5-6-7-8(2,3)4;/h5-7H,1H2,2-4H3;1H/q+1;/p-1. The van der Waals surface area contributed by atoms with Gasteiger partial charge in [-0.1, -0.05) is 12.7 Å². The minimum atomic E-state index is 0. The minimum Gasteiger partial charge on any atom is -1.00 e. The Hall–Kier alpha value is -0.0800. The van der Waals surface area contributed by atoms with E-state index in [-0.39, 0.29) is 17.0 Å². The third-order valence-electron chi connectivity index (χ3n) is 0.669. The Labute approximate surface area is 68.0 Å². The Kier molecular flexibility index (Phi) is 6.19. The first-order valence-corrected chi connectivity index (χ1v) is 2.67. The molecular weight excluding hydrogens is 178 g/mol. The summed E-state index contributed by atoms with van der Waals surface area (Å²) in [5, 5.41) is 0. The summed E-state index contributed by atoms with van der Waals surface area (Å²) in [4.78, 5) is 0. The molecule has 1 nitrogen and oxygen atoms in total. The van der Waals surface area contributed by atoms with Crippen molar-refractivity contribution < 1.29 is 21.5 Å². The van der Waals surface area contributed by atoms with Crippen molar-refractivity contribution in [3.05, 3.63) is 24.9 Å². The Morgan fingerprint density at radius 2 is 1.67 bits per heavy atom. The van der Waals surface area contributed by atoms with Crippen LogP contribution in [0.5, 0.6) is 0 Å². The van der Waals surface area contributed by atoms with Gasteiger partial charge in [-0.15, -0.1) is 0 Å². The summed E-state index contributed by atoms with van der Waals surface area (Å²) in [6, 6.07) is 0. The van der Waals surface area contributed by atoms with Gasteiger partial charge < -0.3 is 21.5 Å². The fourth-order valence-electron chi connectivity index (χ4n) is 0.319. The zero-order chi connectivity index (χ0) is 6.62. The van der Waals surface area contributed by atoms with E-state index >= 15 is 0 Å². The van der Waals surface area contributed by atoms with Gasteiger partial charge in [0.1, 0.15) is 0 Å². The number of halogens is 1. The molecule has 0 N–H and O–H groups in total. The van der Waals surface area contributed by atoms with E-state index in [4.69, 9.17) is 0 Å². The number of quaternary nitrogens is 1. The van der Waals surface area contributed by atoms with Gasteiger partial charge in [-0.2, -0.15) is 0 Å². The van der Waals surface area contributed by atoms with Crippen LogP contribution < -0.4 is 17.0 Å². The van der Waals surface area contributed by atoms with Gasteiger partial charge in [0, 0.05) is 0 Å². The third kappa shape index (κ3) is 11.5. The van der Waals surface area contributed by atoms with Crippen LogP contribution in [-0.2, 0) is 0 Å². The van der Waals surface area contributed by atoms with Crippen molar-refractivity contribution in [2.45, 2.75) is 0 Å². The van der Waals surface area contributed by atoms with Crippen molar-refractivity contribution in [2.75, 3.05) is 21.1 Å². The molecule has 0 aromatic rings. The van der Waals surface area contributed by atoms with E-state index in [0.717, 1.165) is 4.48 Å². The zero-order valence-electron chi connectivity index (χ0n) is 6.26. The van der Waals surface area contributed by atoms with Crippen LogP contribution in [-0.4, -0.2) is 25.6 Å². The van der Waals surface area contributed by atoms with Gasteiger partial charge in [0.25, 0.3) is 0 Å². The van der Waals surface area contributed by atoms with Crippen molar-refractivity contribution in [2.24, 2.45) is 0 Å². The number of hydrogen-bond acceptors (Lipinski definition) is 0. The predicted octanol–water partition coefficient (Wildman–Crippen LogP) is -1.60. The van der Waals surface area contributed by atoms with Crippen molar-refractivity contribution >= 4 is 0 Å². The molecule has 0 saturated carbocycles. The van der Waals surface area contributed by atoms with Crippen LogP contribution in [0.2, 0.25) is 0 Å². The summed E-state index contributed by atoms with van der Waals surface area (Å²) in [5.74, 6) is 0. The molecule has 0 aliphatic rings. The molecule has 0 aromatic carbocycles. The molecule has 0 spiro atoms.